The molecule has 21 heavy (non-hydrogen) atoms. The summed E-state index contributed by atoms with van der Waals surface area (Å²) in [7, 11) is -1.88. The fraction of sp³-hybridized carbons (Fsp3) is 0.462. The third-order valence-corrected chi connectivity index (χ3v) is 4.94. The van der Waals surface area contributed by atoms with Crippen molar-refractivity contribution in [3.63, 3.8) is 0 Å². The summed E-state index contributed by atoms with van der Waals surface area (Å²) in [4.78, 5) is 12.2. The minimum atomic E-state index is -3.38. The molecule has 1 heterocycles. The average Bonchev–Trinajstić information content (AvgIpc) is 2.88. The van der Waals surface area contributed by atoms with Crippen molar-refractivity contribution in [2.75, 3.05) is 25.2 Å². The first-order chi connectivity index (χ1) is 9.82. The number of rotatable bonds is 4. The maximum absolute atomic E-state index is 12.2. The zero-order chi connectivity index (χ0) is 15.6. The van der Waals surface area contributed by atoms with Gasteiger partial charge in [0.25, 0.3) is 0 Å². The summed E-state index contributed by atoms with van der Waals surface area (Å²) in [5.41, 5.74) is 0.506. The van der Waals surface area contributed by atoms with E-state index in [1.54, 1.807) is 18.2 Å². The first-order valence-electron chi connectivity index (χ1n) is 6.44. The maximum Gasteiger partial charge on any atom is 0.242 e. The van der Waals surface area contributed by atoms with Crippen molar-refractivity contribution in [3.8, 4) is 5.75 Å². The Bertz CT molecular complexity index is 648. The molecule has 0 bridgehead atoms. The number of ether oxygens (including phenoxy) is 1. The lowest BCUT2D eigenvalue weighted by Crippen LogP contribution is -2.42. The largest absolute Gasteiger partial charge is 0.495 e. The number of carbonyl (C=O) groups excluding carboxylic acids is 1. The zero-order valence-corrected chi connectivity index (χ0v) is 13.4. The first kappa shape index (κ1) is 16.1. The monoisotopic (exact) mass is 332 g/mol. The van der Waals surface area contributed by atoms with Gasteiger partial charge in [-0.05, 0) is 31.0 Å². The Hall–Kier alpha value is -1.31. The van der Waals surface area contributed by atoms with Crippen molar-refractivity contribution in [1.29, 1.82) is 0 Å². The highest BCUT2D eigenvalue weighted by molar-refractivity contribution is 7.88. The lowest BCUT2D eigenvalue weighted by Gasteiger charge is -2.21. The van der Waals surface area contributed by atoms with E-state index in [1.807, 2.05) is 0 Å². The van der Waals surface area contributed by atoms with Crippen molar-refractivity contribution in [3.05, 3.63) is 23.2 Å². The summed E-state index contributed by atoms with van der Waals surface area (Å²) < 4.78 is 29.6. The van der Waals surface area contributed by atoms with Crippen LogP contribution in [0.25, 0.3) is 0 Å². The van der Waals surface area contributed by atoms with Crippen LogP contribution in [0.15, 0.2) is 18.2 Å². The molecule has 0 aromatic heterocycles. The van der Waals surface area contributed by atoms with E-state index in [0.29, 0.717) is 35.8 Å². The smallest absolute Gasteiger partial charge is 0.242 e. The molecule has 1 aliphatic heterocycles. The number of hydrogen-bond acceptors (Lipinski definition) is 4. The maximum atomic E-state index is 12.2. The molecular weight excluding hydrogens is 316 g/mol. The number of carbonyl (C=O) groups is 1. The Balaban J connectivity index is 2.13. The Morgan fingerprint density at radius 2 is 2.19 bits per heavy atom. The molecule has 0 spiro atoms. The molecule has 8 heteroatoms. The lowest BCUT2D eigenvalue weighted by atomic mass is 10.2. The van der Waals surface area contributed by atoms with Gasteiger partial charge in [0.15, 0.2) is 0 Å². The highest BCUT2D eigenvalue weighted by Gasteiger charge is 2.36. The molecule has 116 valence electrons. The molecular formula is C13H17ClN2O4S. The first-order valence-corrected chi connectivity index (χ1v) is 8.67. The number of amides is 1. The van der Waals surface area contributed by atoms with Crippen molar-refractivity contribution < 1.29 is 17.9 Å². The van der Waals surface area contributed by atoms with Gasteiger partial charge in [0.05, 0.1) is 18.4 Å². The van der Waals surface area contributed by atoms with Crippen LogP contribution in [0.4, 0.5) is 5.69 Å². The summed E-state index contributed by atoms with van der Waals surface area (Å²) in [5.74, 6) is 0.160. The Labute approximate surface area is 129 Å². The molecule has 1 saturated heterocycles. The minimum Gasteiger partial charge on any atom is -0.495 e. The van der Waals surface area contributed by atoms with Crippen LogP contribution >= 0.6 is 11.6 Å². The number of methoxy groups -OCH3 is 1. The number of halogens is 1. The predicted molar refractivity (Wildman–Crippen MR) is 81.2 cm³/mol. The van der Waals surface area contributed by atoms with Gasteiger partial charge in [-0.15, -0.1) is 0 Å². The number of sulfonamides is 1. The SMILES string of the molecule is COc1ccc(NC(=O)[C@H]2CCCN2S(C)(=O)=O)cc1Cl. The van der Waals surface area contributed by atoms with Crippen LogP contribution in [0.1, 0.15) is 12.8 Å². The van der Waals surface area contributed by atoms with Gasteiger partial charge >= 0.3 is 0 Å². The Kier molecular flexibility index (Phi) is 4.75. The van der Waals surface area contributed by atoms with E-state index in [9.17, 15) is 13.2 Å². The number of benzene rings is 1. The van der Waals surface area contributed by atoms with E-state index < -0.39 is 16.1 Å². The molecule has 2 rings (SSSR count). The molecule has 0 unspecified atom stereocenters. The normalized spacial score (nSPS) is 19.5. The molecule has 1 aromatic rings. The minimum absolute atomic E-state index is 0.348. The van der Waals surface area contributed by atoms with Gasteiger partial charge in [0.2, 0.25) is 15.9 Å². The molecule has 1 aliphatic rings. The van der Waals surface area contributed by atoms with Gasteiger partial charge < -0.3 is 10.1 Å². The summed E-state index contributed by atoms with van der Waals surface area (Å²) in [6.07, 6.45) is 2.31. The average molecular weight is 333 g/mol. The van der Waals surface area contributed by atoms with Crippen molar-refractivity contribution >= 4 is 33.2 Å². The van der Waals surface area contributed by atoms with Crippen molar-refractivity contribution in [2.45, 2.75) is 18.9 Å². The van der Waals surface area contributed by atoms with Crippen LogP contribution in [0, 0.1) is 0 Å². The molecule has 0 saturated carbocycles. The second kappa shape index (κ2) is 6.21. The fourth-order valence-electron chi connectivity index (χ4n) is 2.37. The van der Waals surface area contributed by atoms with E-state index in [1.165, 1.54) is 11.4 Å². The standard InChI is InChI=1S/C13H17ClN2O4S/c1-20-12-6-5-9(8-10(12)14)15-13(17)11-4-3-7-16(11)21(2,18)19/h5-6,8,11H,3-4,7H2,1-2H3,(H,15,17)/t11-/m1/s1. The molecule has 1 fully saturated rings. The van der Waals surface area contributed by atoms with Gasteiger partial charge in [-0.1, -0.05) is 11.6 Å². The quantitative estimate of drug-likeness (QED) is 0.910. The third kappa shape index (κ3) is 3.66. The van der Waals surface area contributed by atoms with Crippen molar-refractivity contribution in [2.24, 2.45) is 0 Å². The second-order valence-electron chi connectivity index (χ2n) is 4.87. The molecule has 1 N–H and O–H groups in total. The topological polar surface area (TPSA) is 75.7 Å². The van der Waals surface area contributed by atoms with Crippen molar-refractivity contribution in [1.82, 2.24) is 4.31 Å². The van der Waals surface area contributed by atoms with Gasteiger partial charge in [0.1, 0.15) is 11.8 Å². The van der Waals surface area contributed by atoms with E-state index in [2.05, 4.69) is 5.32 Å². The summed E-state index contributed by atoms with van der Waals surface area (Å²) >= 11 is 5.99. The van der Waals surface area contributed by atoms with E-state index >= 15 is 0 Å². The summed E-state index contributed by atoms with van der Waals surface area (Å²) in [6, 6.07) is 4.20. The summed E-state index contributed by atoms with van der Waals surface area (Å²) in [6.45, 7) is 0.375. The Morgan fingerprint density at radius 1 is 1.48 bits per heavy atom. The van der Waals surface area contributed by atoms with Gasteiger partial charge in [-0.3, -0.25) is 4.79 Å². The van der Waals surface area contributed by atoms with Gasteiger partial charge in [0, 0.05) is 12.2 Å². The number of anilines is 1. The molecule has 1 aromatic carbocycles. The van der Waals surface area contributed by atoms with Gasteiger partial charge in [-0.25, -0.2) is 8.42 Å². The molecule has 0 radical (unpaired) electrons. The molecule has 0 aliphatic carbocycles. The lowest BCUT2D eigenvalue weighted by molar-refractivity contribution is -0.119. The van der Waals surface area contributed by atoms with Gasteiger partial charge in [-0.2, -0.15) is 4.31 Å². The van der Waals surface area contributed by atoms with Crippen LogP contribution in [-0.2, 0) is 14.8 Å². The number of nitrogens with zero attached hydrogens (tertiary/aromatic N) is 1. The number of nitrogens with one attached hydrogen (secondary N) is 1. The van der Waals surface area contributed by atoms with Crippen LogP contribution in [0.5, 0.6) is 5.75 Å². The number of hydrogen-bond donors (Lipinski definition) is 1. The molecule has 6 nitrogen and oxygen atoms in total. The van der Waals surface area contributed by atoms with E-state index in [4.69, 9.17) is 16.3 Å². The van der Waals surface area contributed by atoms with E-state index in [0.717, 1.165) is 6.26 Å². The second-order valence-corrected chi connectivity index (χ2v) is 7.21. The van der Waals surface area contributed by atoms with Crippen LogP contribution in [-0.4, -0.2) is 44.6 Å². The van der Waals surface area contributed by atoms with Crippen LogP contribution < -0.4 is 10.1 Å². The highest BCUT2D eigenvalue weighted by atomic mass is 35.5. The summed E-state index contributed by atoms with van der Waals surface area (Å²) in [5, 5.41) is 3.07. The zero-order valence-electron chi connectivity index (χ0n) is 11.8. The fourth-order valence-corrected chi connectivity index (χ4v) is 3.75. The third-order valence-electron chi connectivity index (χ3n) is 3.35. The van der Waals surface area contributed by atoms with E-state index in [-0.39, 0.29) is 5.91 Å². The van der Waals surface area contributed by atoms with Crippen LogP contribution in [0.3, 0.4) is 0 Å². The predicted octanol–water partition coefficient (Wildman–Crippen LogP) is 1.71. The van der Waals surface area contributed by atoms with Crippen LogP contribution in [0.2, 0.25) is 5.02 Å². The highest BCUT2D eigenvalue weighted by Crippen LogP contribution is 2.28. The molecule has 1 atom stereocenters. The Morgan fingerprint density at radius 3 is 2.76 bits per heavy atom. The molecule has 1 amide bonds.